The van der Waals surface area contributed by atoms with Crippen LogP contribution in [0.1, 0.15) is 39.9 Å². The number of likely N-dealkylation sites (N-methyl/N-ethyl adjacent to an activating group) is 1. The molecule has 0 unspecified atom stereocenters. The van der Waals surface area contributed by atoms with Crippen LogP contribution in [0.5, 0.6) is 0 Å². The SMILES string of the molecule is CN(C(=O)c1cc(C(F)(F)F)cc(C(F)(F)F)c1)[C@H](CO)CCCN1CCN(c2ccccc2CN=CN=CN)CC1.Clc1ccccc1Cl. The minimum absolute atomic E-state index is 0.0227. The van der Waals surface area contributed by atoms with Crippen molar-refractivity contribution >= 4 is 47.5 Å². The lowest BCUT2D eigenvalue weighted by molar-refractivity contribution is -0.143. The standard InChI is InChI=1S/C28H34F6N6O2.C6H4Cl2/c1-38(26(42)21-13-22(27(29,30)31)15-23(14-21)28(32,33)34)24(17-41)6-4-8-39-9-11-40(12-10-39)25-7-3-2-5-20(25)16-36-19-37-18-35;7-5-3-1-2-4-6(5)8/h2-3,5,7,13-15,18-19,24,41H,4,6,8-12,16-17H2,1H3,(H2,35,36,37);1-4H/t24-;/m0./s1. The zero-order valence-electron chi connectivity index (χ0n) is 27.1. The second kappa shape index (κ2) is 18.9. The number of hydrogen-bond acceptors (Lipinski definition) is 5. The van der Waals surface area contributed by atoms with Gasteiger partial charge in [-0.3, -0.25) is 14.7 Å². The van der Waals surface area contributed by atoms with Crippen molar-refractivity contribution in [2.24, 2.45) is 15.7 Å². The molecule has 0 radical (unpaired) electrons. The highest BCUT2D eigenvalue weighted by atomic mass is 35.5. The number of aliphatic hydroxyl groups excluding tert-OH is 1. The lowest BCUT2D eigenvalue weighted by atomic mass is 10.0. The normalized spacial score (nSPS) is 14.9. The number of carbonyl (C=O) groups excluding carboxylic acids is 1. The van der Waals surface area contributed by atoms with Gasteiger partial charge in [0.25, 0.3) is 5.91 Å². The number of aliphatic hydroxyl groups is 1. The number of carbonyl (C=O) groups is 1. The van der Waals surface area contributed by atoms with Gasteiger partial charge in [-0.05, 0) is 61.3 Å². The highest BCUT2D eigenvalue weighted by Gasteiger charge is 2.38. The predicted molar refractivity (Wildman–Crippen MR) is 185 cm³/mol. The van der Waals surface area contributed by atoms with Crippen molar-refractivity contribution in [3.63, 3.8) is 0 Å². The first-order chi connectivity index (χ1) is 23.6. The van der Waals surface area contributed by atoms with Crippen LogP contribution in [-0.2, 0) is 18.9 Å². The van der Waals surface area contributed by atoms with E-state index >= 15 is 0 Å². The third-order valence-corrected chi connectivity index (χ3v) is 8.71. The first-order valence-electron chi connectivity index (χ1n) is 15.5. The molecule has 3 N–H and O–H groups in total. The van der Waals surface area contributed by atoms with Crippen LogP contribution >= 0.6 is 23.2 Å². The van der Waals surface area contributed by atoms with E-state index in [2.05, 4.69) is 19.8 Å². The minimum Gasteiger partial charge on any atom is -0.394 e. The molecule has 3 aromatic rings. The van der Waals surface area contributed by atoms with Gasteiger partial charge in [0, 0.05) is 44.5 Å². The van der Waals surface area contributed by atoms with E-state index in [9.17, 15) is 36.2 Å². The molecule has 8 nitrogen and oxygen atoms in total. The summed E-state index contributed by atoms with van der Waals surface area (Å²) in [6.45, 7) is 3.67. The summed E-state index contributed by atoms with van der Waals surface area (Å²) in [5.74, 6) is -1.03. The van der Waals surface area contributed by atoms with Gasteiger partial charge in [-0.1, -0.05) is 53.5 Å². The maximum Gasteiger partial charge on any atom is 0.416 e. The smallest absolute Gasteiger partial charge is 0.394 e. The Morgan fingerprint density at radius 2 is 1.50 bits per heavy atom. The van der Waals surface area contributed by atoms with Crippen LogP contribution in [-0.4, -0.2) is 85.9 Å². The summed E-state index contributed by atoms with van der Waals surface area (Å²) in [5.41, 5.74) is 3.48. The van der Waals surface area contributed by atoms with Crippen LogP contribution in [0, 0.1) is 0 Å². The maximum atomic E-state index is 13.2. The molecule has 50 heavy (non-hydrogen) atoms. The Kier molecular flexibility index (Phi) is 15.4. The molecule has 1 atom stereocenters. The lowest BCUT2D eigenvalue weighted by Gasteiger charge is -2.37. The molecule has 0 spiro atoms. The number of hydrogen-bond donors (Lipinski definition) is 2. The molecule has 1 fully saturated rings. The molecule has 0 aliphatic carbocycles. The van der Waals surface area contributed by atoms with Crippen molar-refractivity contribution in [2.45, 2.75) is 37.8 Å². The van der Waals surface area contributed by atoms with E-state index < -0.39 is 47.6 Å². The summed E-state index contributed by atoms with van der Waals surface area (Å²) in [5, 5.41) is 11.1. The van der Waals surface area contributed by atoms with Gasteiger partial charge in [0.05, 0.1) is 46.7 Å². The van der Waals surface area contributed by atoms with E-state index in [0.717, 1.165) is 48.7 Å². The monoisotopic (exact) mass is 746 g/mol. The number of halogens is 8. The van der Waals surface area contributed by atoms with Crippen molar-refractivity contribution in [2.75, 3.05) is 51.3 Å². The van der Waals surface area contributed by atoms with Gasteiger partial charge in [-0.15, -0.1) is 0 Å². The fraction of sp³-hybridized carbons (Fsp3) is 0.382. The maximum absolute atomic E-state index is 13.2. The van der Waals surface area contributed by atoms with Gasteiger partial charge in [-0.25, -0.2) is 4.99 Å². The summed E-state index contributed by atoms with van der Waals surface area (Å²) < 4.78 is 79.4. The van der Waals surface area contributed by atoms with Crippen LogP contribution in [0.2, 0.25) is 10.0 Å². The van der Waals surface area contributed by atoms with Crippen molar-refractivity contribution < 1.29 is 36.2 Å². The van der Waals surface area contributed by atoms with Crippen molar-refractivity contribution in [3.8, 4) is 0 Å². The summed E-state index contributed by atoms with van der Waals surface area (Å²) in [6.07, 6.45) is -6.69. The fourth-order valence-corrected chi connectivity index (χ4v) is 5.51. The molecule has 1 aliphatic heterocycles. The summed E-state index contributed by atoms with van der Waals surface area (Å²) in [6, 6.07) is 15.1. The Morgan fingerprint density at radius 3 is 2.02 bits per heavy atom. The zero-order valence-corrected chi connectivity index (χ0v) is 28.7. The Hall–Kier alpha value is -3.85. The highest BCUT2D eigenvalue weighted by molar-refractivity contribution is 6.41. The van der Waals surface area contributed by atoms with Gasteiger partial charge in [0.2, 0.25) is 0 Å². The largest absolute Gasteiger partial charge is 0.416 e. The molecule has 1 aliphatic rings. The van der Waals surface area contributed by atoms with Gasteiger partial charge in [0.15, 0.2) is 0 Å². The molecule has 4 rings (SSSR count). The molecule has 0 bridgehead atoms. The number of rotatable bonds is 11. The van der Waals surface area contributed by atoms with Gasteiger partial charge in [0.1, 0.15) is 6.34 Å². The number of para-hydroxylation sites is 1. The van der Waals surface area contributed by atoms with Gasteiger partial charge < -0.3 is 20.6 Å². The second-order valence-electron chi connectivity index (χ2n) is 11.3. The number of piperazine rings is 1. The Labute approximate surface area is 296 Å². The van der Waals surface area contributed by atoms with Crippen molar-refractivity contribution in [1.82, 2.24) is 9.80 Å². The number of benzene rings is 3. The molecule has 1 amide bonds. The van der Waals surface area contributed by atoms with E-state index in [1.165, 1.54) is 13.4 Å². The molecule has 1 saturated heterocycles. The lowest BCUT2D eigenvalue weighted by Crippen LogP contribution is -2.47. The van der Waals surface area contributed by atoms with Crippen molar-refractivity contribution in [1.29, 1.82) is 0 Å². The third-order valence-electron chi connectivity index (χ3n) is 7.95. The summed E-state index contributed by atoms with van der Waals surface area (Å²) >= 11 is 11.2. The average molecular weight is 748 g/mol. The van der Waals surface area contributed by atoms with E-state index in [1.807, 2.05) is 36.4 Å². The molecule has 1 heterocycles. The predicted octanol–water partition coefficient (Wildman–Crippen LogP) is 7.27. The molecule has 0 saturated carbocycles. The molecular formula is C34H38Cl2F6N6O2. The fourth-order valence-electron chi connectivity index (χ4n) is 5.24. The number of nitrogens with two attached hydrogens (primary N) is 1. The van der Waals surface area contributed by atoms with Crippen LogP contribution in [0.4, 0.5) is 32.0 Å². The second-order valence-corrected chi connectivity index (χ2v) is 12.1. The number of amides is 1. The van der Waals surface area contributed by atoms with Crippen LogP contribution < -0.4 is 10.6 Å². The van der Waals surface area contributed by atoms with Crippen LogP contribution in [0.3, 0.4) is 0 Å². The molecule has 3 aromatic carbocycles. The van der Waals surface area contributed by atoms with E-state index in [0.29, 0.717) is 48.1 Å². The summed E-state index contributed by atoms with van der Waals surface area (Å²) in [4.78, 5) is 26.4. The Bertz CT molecular complexity index is 1540. The first kappa shape index (κ1) is 40.6. The Balaban J connectivity index is 0.000000740. The molecule has 0 aromatic heterocycles. The van der Waals surface area contributed by atoms with E-state index in [4.69, 9.17) is 28.9 Å². The number of anilines is 1. The third kappa shape index (κ3) is 12.2. The average Bonchev–Trinajstić information content (AvgIpc) is 3.09. The molecular weight excluding hydrogens is 709 g/mol. The van der Waals surface area contributed by atoms with Gasteiger partial charge in [-0.2, -0.15) is 26.3 Å². The number of nitrogens with zero attached hydrogens (tertiary/aromatic N) is 5. The molecule has 272 valence electrons. The summed E-state index contributed by atoms with van der Waals surface area (Å²) in [7, 11) is 1.26. The number of aliphatic imine (C=N–C) groups is 2. The van der Waals surface area contributed by atoms with Crippen molar-refractivity contribution in [3.05, 3.63) is 99.0 Å². The molecule has 16 heteroatoms. The topological polar surface area (TPSA) is 97.8 Å². The van der Waals surface area contributed by atoms with Crippen LogP contribution in [0.25, 0.3) is 0 Å². The van der Waals surface area contributed by atoms with Gasteiger partial charge >= 0.3 is 12.4 Å². The van der Waals surface area contributed by atoms with Crippen LogP contribution in [0.15, 0.2) is 76.7 Å². The number of alkyl halides is 6. The highest BCUT2D eigenvalue weighted by Crippen LogP contribution is 2.36. The minimum atomic E-state index is -5.06. The van der Waals surface area contributed by atoms with E-state index in [1.54, 1.807) is 12.1 Å². The first-order valence-corrected chi connectivity index (χ1v) is 16.3. The quantitative estimate of drug-likeness (QED) is 0.122. The Morgan fingerprint density at radius 1 is 0.940 bits per heavy atom. The zero-order chi connectivity index (χ0) is 36.9. The van der Waals surface area contributed by atoms with E-state index in [-0.39, 0.29) is 6.07 Å².